The van der Waals surface area contributed by atoms with Gasteiger partial charge in [-0.3, -0.25) is 9.59 Å². The van der Waals surface area contributed by atoms with Crippen LogP contribution in [0.1, 0.15) is 57.7 Å². The van der Waals surface area contributed by atoms with Gasteiger partial charge in [-0.25, -0.2) is 9.37 Å². The molecule has 1 aliphatic carbocycles. The number of benzene rings is 1. The zero-order valence-corrected chi connectivity index (χ0v) is 20.8. The predicted molar refractivity (Wildman–Crippen MR) is 130 cm³/mol. The summed E-state index contributed by atoms with van der Waals surface area (Å²) in [6.45, 7) is 8.88. The molecule has 2 atom stereocenters. The van der Waals surface area contributed by atoms with Crippen molar-refractivity contribution in [1.29, 1.82) is 0 Å². The number of amides is 1. The van der Waals surface area contributed by atoms with Gasteiger partial charge in [-0.2, -0.15) is 0 Å². The molecule has 0 aliphatic heterocycles. The van der Waals surface area contributed by atoms with E-state index >= 15 is 4.39 Å². The highest BCUT2D eigenvalue weighted by molar-refractivity contribution is 7.13. The first-order valence-corrected chi connectivity index (χ1v) is 12.5. The lowest BCUT2D eigenvalue weighted by atomic mass is 9.66. The van der Waals surface area contributed by atoms with Crippen molar-refractivity contribution in [2.75, 3.05) is 13.2 Å². The number of halogens is 1. The number of rotatable bonds is 13. The Morgan fingerprint density at radius 3 is 2.64 bits per heavy atom. The number of thiazole rings is 1. The van der Waals surface area contributed by atoms with Crippen molar-refractivity contribution in [3.63, 3.8) is 0 Å². The first-order chi connectivity index (χ1) is 15.7. The minimum Gasteiger partial charge on any atom is -0.486 e. The average Bonchev–Trinajstić information content (AvgIpc) is 3.33. The van der Waals surface area contributed by atoms with E-state index < -0.39 is 5.67 Å². The molecule has 1 saturated carbocycles. The molecule has 1 aromatic heterocycles. The largest absolute Gasteiger partial charge is 0.486 e. The molecule has 1 fully saturated rings. The highest BCUT2D eigenvalue weighted by Crippen LogP contribution is 2.57. The predicted octanol–water partition coefficient (Wildman–Crippen LogP) is 5.55. The number of alkyl halides is 1. The molecular formula is C26H35FN2O3S. The van der Waals surface area contributed by atoms with E-state index in [0.717, 1.165) is 40.8 Å². The van der Waals surface area contributed by atoms with Gasteiger partial charge in [-0.05, 0) is 67.6 Å². The van der Waals surface area contributed by atoms with E-state index in [0.29, 0.717) is 38.0 Å². The summed E-state index contributed by atoms with van der Waals surface area (Å²) in [6.07, 6.45) is 4.91. The zero-order valence-electron chi connectivity index (χ0n) is 20.0. The second-order valence-corrected chi connectivity index (χ2v) is 11.0. The fourth-order valence-corrected chi connectivity index (χ4v) is 6.03. The van der Waals surface area contributed by atoms with Crippen LogP contribution in [0.5, 0.6) is 5.75 Å². The molecule has 1 heterocycles. The van der Waals surface area contributed by atoms with Gasteiger partial charge in [0.15, 0.2) is 6.29 Å². The molecular weight excluding hydrogens is 439 g/mol. The van der Waals surface area contributed by atoms with Crippen molar-refractivity contribution in [1.82, 2.24) is 10.3 Å². The van der Waals surface area contributed by atoms with Gasteiger partial charge < -0.3 is 10.1 Å². The highest BCUT2D eigenvalue weighted by Gasteiger charge is 2.56. The molecule has 180 valence electrons. The maximum Gasteiger partial charge on any atom is 0.207 e. The molecule has 5 nitrogen and oxygen atoms in total. The number of hydrogen-bond donors (Lipinski definition) is 1. The number of aldehydes is 1. The van der Waals surface area contributed by atoms with Crippen LogP contribution in [0.25, 0.3) is 10.4 Å². The fraction of sp³-hybridized carbons (Fsp3) is 0.577. The summed E-state index contributed by atoms with van der Waals surface area (Å²) < 4.78 is 21.5. The molecule has 0 bridgehead atoms. The molecule has 1 aliphatic rings. The summed E-state index contributed by atoms with van der Waals surface area (Å²) in [5, 5.41) is 2.72. The third kappa shape index (κ3) is 6.40. The van der Waals surface area contributed by atoms with Crippen molar-refractivity contribution >= 4 is 24.0 Å². The van der Waals surface area contributed by atoms with E-state index in [4.69, 9.17) is 4.74 Å². The zero-order chi connectivity index (χ0) is 24.1. The summed E-state index contributed by atoms with van der Waals surface area (Å²) in [6, 6.07) is 6.07. The average molecular weight is 475 g/mol. The molecule has 1 N–H and O–H groups in total. The second kappa shape index (κ2) is 10.8. The first kappa shape index (κ1) is 25.3. The van der Waals surface area contributed by atoms with Gasteiger partial charge in [-0.1, -0.05) is 32.9 Å². The van der Waals surface area contributed by atoms with Gasteiger partial charge in [-0.15, -0.1) is 11.3 Å². The molecule has 7 heteroatoms. The normalized spacial score (nSPS) is 16.6. The summed E-state index contributed by atoms with van der Waals surface area (Å²) in [5.41, 5.74) is 3.42. The molecule has 2 aromatic rings. The Morgan fingerprint density at radius 2 is 2.06 bits per heavy atom. The Kier molecular flexibility index (Phi) is 8.27. The van der Waals surface area contributed by atoms with E-state index in [2.05, 4.69) is 37.1 Å². The van der Waals surface area contributed by atoms with E-state index in [1.165, 1.54) is 0 Å². The minimum absolute atomic E-state index is 0.0260. The number of aryl methyl sites for hydroxylation is 1. The molecule has 2 unspecified atom stereocenters. The first-order valence-electron chi connectivity index (χ1n) is 11.7. The maximum absolute atomic E-state index is 15.6. The van der Waals surface area contributed by atoms with Crippen molar-refractivity contribution in [2.45, 2.75) is 65.5 Å². The summed E-state index contributed by atoms with van der Waals surface area (Å²) >= 11 is 1.57. The number of carbonyl (C=O) groups is 2. The quantitative estimate of drug-likeness (QED) is 0.305. The van der Waals surface area contributed by atoms with Crippen LogP contribution in [0.3, 0.4) is 0 Å². The molecule has 33 heavy (non-hydrogen) atoms. The minimum atomic E-state index is -1.13. The molecule has 3 rings (SSSR count). The molecule has 0 radical (unpaired) electrons. The van der Waals surface area contributed by atoms with Crippen LogP contribution < -0.4 is 10.1 Å². The smallest absolute Gasteiger partial charge is 0.207 e. The van der Waals surface area contributed by atoms with Gasteiger partial charge in [0.2, 0.25) is 6.41 Å². The van der Waals surface area contributed by atoms with Gasteiger partial charge in [0.1, 0.15) is 18.0 Å². The second-order valence-electron chi connectivity index (χ2n) is 10.1. The van der Waals surface area contributed by atoms with Crippen LogP contribution in [0.15, 0.2) is 23.7 Å². The Labute approximate surface area is 200 Å². The van der Waals surface area contributed by atoms with Gasteiger partial charge in [0, 0.05) is 12.5 Å². The van der Waals surface area contributed by atoms with Gasteiger partial charge >= 0.3 is 0 Å². The SMILES string of the molecule is Cc1ncsc1-c1ccc(CC(CCCNC=O)C(C(C)(C)C)C2(F)CC2)c(OCC=O)c1. The summed E-state index contributed by atoms with van der Waals surface area (Å²) in [5.74, 6) is 0.642. The van der Waals surface area contributed by atoms with Crippen LogP contribution in [-0.2, 0) is 16.0 Å². The molecule has 0 saturated heterocycles. The van der Waals surface area contributed by atoms with E-state index in [-0.39, 0.29) is 23.9 Å². The summed E-state index contributed by atoms with van der Waals surface area (Å²) in [7, 11) is 0. The molecule has 1 aromatic carbocycles. The van der Waals surface area contributed by atoms with Crippen molar-refractivity contribution in [3.05, 3.63) is 35.0 Å². The fourth-order valence-electron chi connectivity index (χ4n) is 5.23. The number of nitrogens with zero attached hydrogens (tertiary/aromatic N) is 1. The number of ether oxygens (including phenoxy) is 1. The Hall–Kier alpha value is -2.28. The summed E-state index contributed by atoms with van der Waals surface area (Å²) in [4.78, 5) is 27.1. The van der Waals surface area contributed by atoms with Crippen LogP contribution in [0, 0.1) is 24.2 Å². The molecule has 1 amide bonds. The lowest BCUT2D eigenvalue weighted by Gasteiger charge is -2.40. The van der Waals surface area contributed by atoms with E-state index in [1.54, 1.807) is 11.3 Å². The van der Waals surface area contributed by atoms with Crippen molar-refractivity contribution in [2.24, 2.45) is 17.3 Å². The highest BCUT2D eigenvalue weighted by atomic mass is 32.1. The van der Waals surface area contributed by atoms with Crippen LogP contribution in [0.4, 0.5) is 4.39 Å². The number of hydrogen-bond acceptors (Lipinski definition) is 5. The lowest BCUT2D eigenvalue weighted by molar-refractivity contribution is -0.110. The third-order valence-corrected chi connectivity index (χ3v) is 7.51. The molecule has 0 spiro atoms. The Morgan fingerprint density at radius 1 is 1.30 bits per heavy atom. The number of nitrogens with one attached hydrogen (secondary N) is 1. The van der Waals surface area contributed by atoms with Crippen LogP contribution >= 0.6 is 11.3 Å². The van der Waals surface area contributed by atoms with E-state index in [1.807, 2.05) is 24.6 Å². The number of carbonyl (C=O) groups excluding carboxylic acids is 2. The van der Waals surface area contributed by atoms with Crippen LogP contribution in [-0.4, -0.2) is 36.5 Å². The third-order valence-electron chi connectivity index (χ3n) is 6.53. The maximum atomic E-state index is 15.6. The van der Waals surface area contributed by atoms with Crippen molar-refractivity contribution < 1.29 is 18.7 Å². The topological polar surface area (TPSA) is 68.3 Å². The Bertz CT molecular complexity index is 944. The lowest BCUT2D eigenvalue weighted by Crippen LogP contribution is -2.38. The standard InChI is InChI=1S/C26H35FN2O3S/c1-18-23(33-17-29-18)20-8-7-19(22(15-20)32-13-12-30)14-21(6-5-11-28-16-31)24(25(2,3)4)26(27)9-10-26/h7-8,12,15-17,21,24H,5-6,9-11,13-14H2,1-4H3,(H,28,31). The number of aromatic nitrogens is 1. The van der Waals surface area contributed by atoms with E-state index in [9.17, 15) is 9.59 Å². The van der Waals surface area contributed by atoms with Crippen molar-refractivity contribution in [3.8, 4) is 16.2 Å². The van der Waals surface area contributed by atoms with Gasteiger partial charge in [0.25, 0.3) is 0 Å². The Balaban J connectivity index is 1.93. The monoisotopic (exact) mass is 474 g/mol. The van der Waals surface area contributed by atoms with Gasteiger partial charge in [0.05, 0.1) is 16.1 Å². The van der Waals surface area contributed by atoms with Crippen LogP contribution in [0.2, 0.25) is 0 Å².